The molecule has 1 unspecified atom stereocenters. The van der Waals surface area contributed by atoms with Gasteiger partial charge in [0.1, 0.15) is 5.82 Å². The molecule has 0 amide bonds. The van der Waals surface area contributed by atoms with E-state index in [-0.39, 0.29) is 11.7 Å². The Morgan fingerprint density at radius 1 is 0.968 bits per heavy atom. The van der Waals surface area contributed by atoms with Crippen molar-refractivity contribution < 1.29 is 8.91 Å². The third-order valence-corrected chi connectivity index (χ3v) is 5.03. The minimum absolute atomic E-state index is 0.136. The zero-order valence-corrected chi connectivity index (χ0v) is 17.3. The minimum atomic E-state index is -0.259. The smallest absolute Gasteiger partial charge is 0.231 e. The molecule has 0 aliphatic carbocycles. The van der Waals surface area contributed by atoms with Gasteiger partial charge in [0, 0.05) is 24.6 Å². The number of aromatic nitrogens is 1. The molecule has 156 valence electrons. The van der Waals surface area contributed by atoms with Crippen molar-refractivity contribution in [3.63, 3.8) is 0 Å². The average molecular weight is 414 g/mol. The fraction of sp³-hybridized carbons (Fsp3) is 0.120. The molecule has 0 saturated carbocycles. The van der Waals surface area contributed by atoms with E-state index in [1.807, 2.05) is 73.7 Å². The van der Waals surface area contributed by atoms with Gasteiger partial charge in [-0.2, -0.15) is 0 Å². The fourth-order valence-electron chi connectivity index (χ4n) is 3.27. The molecule has 6 heteroatoms. The van der Waals surface area contributed by atoms with Crippen molar-refractivity contribution in [1.82, 2.24) is 10.5 Å². The third kappa shape index (κ3) is 4.80. The van der Waals surface area contributed by atoms with Gasteiger partial charge in [-0.3, -0.25) is 5.32 Å². The molecule has 0 aliphatic rings. The average Bonchev–Trinajstić information content (AvgIpc) is 3.28. The third-order valence-electron chi connectivity index (χ3n) is 5.03. The van der Waals surface area contributed by atoms with E-state index < -0.39 is 0 Å². The van der Waals surface area contributed by atoms with Crippen LogP contribution in [0.25, 0.3) is 11.1 Å². The standard InChI is InChI=1S/C25H23FN4O/c1-17(19-13-14-21(22(26)15-19)18-9-5-3-6-10-18)23-16-24(31-30-23)29-25(27-2)28-20-11-7-4-8-12-20/h3-17H,1-2H3,(H2,27,28,29). The molecule has 3 aromatic carbocycles. The maximum atomic E-state index is 14.8. The quantitative estimate of drug-likeness (QED) is 0.313. The Morgan fingerprint density at radius 2 is 1.68 bits per heavy atom. The van der Waals surface area contributed by atoms with Crippen molar-refractivity contribution in [3.05, 3.63) is 102 Å². The van der Waals surface area contributed by atoms with Gasteiger partial charge in [-0.1, -0.05) is 72.7 Å². The second-order valence-corrected chi connectivity index (χ2v) is 7.11. The summed E-state index contributed by atoms with van der Waals surface area (Å²) in [6.07, 6.45) is 0. The lowest BCUT2D eigenvalue weighted by atomic mass is 9.95. The van der Waals surface area contributed by atoms with E-state index in [9.17, 15) is 4.39 Å². The molecular weight excluding hydrogens is 391 g/mol. The normalized spacial score (nSPS) is 12.4. The van der Waals surface area contributed by atoms with Crippen LogP contribution in [0.15, 0.2) is 94.4 Å². The Bertz CT molecular complexity index is 1170. The predicted molar refractivity (Wildman–Crippen MR) is 122 cm³/mol. The fourth-order valence-corrected chi connectivity index (χ4v) is 3.27. The number of para-hydroxylation sites is 1. The number of halogens is 1. The van der Waals surface area contributed by atoms with Gasteiger partial charge in [0.15, 0.2) is 0 Å². The van der Waals surface area contributed by atoms with Crippen molar-refractivity contribution in [1.29, 1.82) is 0 Å². The molecule has 1 atom stereocenters. The number of guanidine groups is 1. The van der Waals surface area contributed by atoms with E-state index in [4.69, 9.17) is 4.52 Å². The first-order chi connectivity index (χ1) is 15.1. The highest BCUT2D eigenvalue weighted by molar-refractivity contribution is 5.94. The Hall–Kier alpha value is -3.93. The number of hydrogen-bond donors (Lipinski definition) is 2. The highest BCUT2D eigenvalue weighted by atomic mass is 19.1. The van der Waals surface area contributed by atoms with Crippen LogP contribution in [0.2, 0.25) is 0 Å². The number of aliphatic imine (C=N–C) groups is 1. The highest BCUT2D eigenvalue weighted by Gasteiger charge is 2.17. The van der Waals surface area contributed by atoms with Crippen LogP contribution < -0.4 is 10.6 Å². The van der Waals surface area contributed by atoms with Gasteiger partial charge in [0.2, 0.25) is 11.8 Å². The lowest BCUT2D eigenvalue weighted by molar-refractivity contribution is 0.424. The summed E-state index contributed by atoms with van der Waals surface area (Å²) in [7, 11) is 1.77. The van der Waals surface area contributed by atoms with Crippen LogP contribution in [0.5, 0.6) is 0 Å². The first-order valence-corrected chi connectivity index (χ1v) is 10.0. The summed E-state index contributed by atoms with van der Waals surface area (Å²) in [5.74, 6) is 0.583. The molecule has 0 bridgehead atoms. The monoisotopic (exact) mass is 414 g/mol. The van der Waals surface area contributed by atoms with Crippen molar-refractivity contribution in [2.24, 2.45) is 4.99 Å². The van der Waals surface area contributed by atoms with Crippen LogP contribution in [-0.4, -0.2) is 18.2 Å². The largest absolute Gasteiger partial charge is 0.359 e. The Morgan fingerprint density at radius 3 is 2.35 bits per heavy atom. The van der Waals surface area contributed by atoms with Crippen LogP contribution in [0.4, 0.5) is 16.0 Å². The SMILES string of the molecule is CNC(=Nc1ccccc1)Nc1cc(C(C)c2ccc(-c3ccccc3)c(F)c2)no1. The first-order valence-electron chi connectivity index (χ1n) is 10.0. The van der Waals surface area contributed by atoms with Crippen molar-refractivity contribution in [2.45, 2.75) is 12.8 Å². The molecule has 0 aliphatic heterocycles. The van der Waals surface area contributed by atoms with Crippen LogP contribution in [0, 0.1) is 5.82 Å². The molecule has 1 aromatic heterocycles. The zero-order valence-electron chi connectivity index (χ0n) is 17.3. The summed E-state index contributed by atoms with van der Waals surface area (Å²) < 4.78 is 20.2. The summed E-state index contributed by atoms with van der Waals surface area (Å²) >= 11 is 0. The van der Waals surface area contributed by atoms with Gasteiger partial charge in [0.05, 0.1) is 11.4 Å². The second kappa shape index (κ2) is 9.26. The Labute approximate surface area is 180 Å². The molecule has 4 rings (SSSR count). The van der Waals surface area contributed by atoms with E-state index in [0.29, 0.717) is 23.1 Å². The van der Waals surface area contributed by atoms with E-state index in [1.165, 1.54) is 0 Å². The van der Waals surface area contributed by atoms with E-state index in [0.717, 1.165) is 16.8 Å². The lowest BCUT2D eigenvalue weighted by Gasteiger charge is -2.11. The molecule has 31 heavy (non-hydrogen) atoms. The van der Waals surface area contributed by atoms with Crippen LogP contribution in [-0.2, 0) is 0 Å². The molecule has 0 spiro atoms. The van der Waals surface area contributed by atoms with E-state index in [1.54, 1.807) is 25.2 Å². The van der Waals surface area contributed by atoms with Gasteiger partial charge in [-0.05, 0) is 29.3 Å². The predicted octanol–water partition coefficient (Wildman–Crippen LogP) is 5.95. The zero-order chi connectivity index (χ0) is 21.6. The molecule has 2 N–H and O–H groups in total. The summed E-state index contributed by atoms with van der Waals surface area (Å²) in [6, 6.07) is 26.2. The van der Waals surface area contributed by atoms with Gasteiger partial charge >= 0.3 is 0 Å². The molecular formula is C25H23FN4O. The van der Waals surface area contributed by atoms with Crippen LogP contribution in [0.1, 0.15) is 24.1 Å². The van der Waals surface area contributed by atoms with Crippen molar-refractivity contribution >= 4 is 17.5 Å². The maximum Gasteiger partial charge on any atom is 0.231 e. The topological polar surface area (TPSA) is 62.5 Å². The number of anilines is 1. The number of nitrogens with one attached hydrogen (secondary N) is 2. The lowest BCUT2D eigenvalue weighted by Crippen LogP contribution is -2.26. The summed E-state index contributed by atoms with van der Waals surface area (Å²) in [6.45, 7) is 1.97. The molecule has 0 radical (unpaired) electrons. The second-order valence-electron chi connectivity index (χ2n) is 7.11. The number of rotatable bonds is 5. The molecule has 0 fully saturated rings. The summed E-state index contributed by atoms with van der Waals surface area (Å²) in [5.41, 5.74) is 3.76. The van der Waals surface area contributed by atoms with E-state index in [2.05, 4.69) is 20.8 Å². The molecule has 0 saturated heterocycles. The summed E-state index contributed by atoms with van der Waals surface area (Å²) in [5, 5.41) is 10.2. The van der Waals surface area contributed by atoms with Gasteiger partial charge in [-0.25, -0.2) is 9.38 Å². The maximum absolute atomic E-state index is 14.8. The molecule has 4 aromatic rings. The minimum Gasteiger partial charge on any atom is -0.359 e. The van der Waals surface area contributed by atoms with Gasteiger partial charge in [0.25, 0.3) is 0 Å². The molecule has 1 heterocycles. The van der Waals surface area contributed by atoms with Crippen LogP contribution in [0.3, 0.4) is 0 Å². The Balaban J connectivity index is 1.51. The number of nitrogens with zero attached hydrogens (tertiary/aromatic N) is 2. The highest BCUT2D eigenvalue weighted by Crippen LogP contribution is 2.30. The van der Waals surface area contributed by atoms with Gasteiger partial charge in [-0.15, -0.1) is 0 Å². The number of hydrogen-bond acceptors (Lipinski definition) is 3. The first kappa shape index (κ1) is 20.3. The van der Waals surface area contributed by atoms with Crippen molar-refractivity contribution in [2.75, 3.05) is 12.4 Å². The van der Waals surface area contributed by atoms with Gasteiger partial charge < -0.3 is 9.84 Å². The van der Waals surface area contributed by atoms with Crippen molar-refractivity contribution in [3.8, 4) is 11.1 Å². The Kier molecular flexibility index (Phi) is 6.08. The van der Waals surface area contributed by atoms with E-state index >= 15 is 0 Å². The number of benzene rings is 3. The summed E-state index contributed by atoms with van der Waals surface area (Å²) in [4.78, 5) is 4.49. The molecule has 5 nitrogen and oxygen atoms in total. The van der Waals surface area contributed by atoms with Crippen LogP contribution >= 0.6 is 0 Å².